The van der Waals surface area contributed by atoms with E-state index in [0.29, 0.717) is 18.7 Å². The van der Waals surface area contributed by atoms with E-state index >= 15 is 0 Å². The zero-order valence-electron chi connectivity index (χ0n) is 15.7. The summed E-state index contributed by atoms with van der Waals surface area (Å²) in [4.78, 5) is 16.2. The maximum atomic E-state index is 12.3. The van der Waals surface area contributed by atoms with Crippen molar-refractivity contribution in [3.05, 3.63) is 65.2 Å². The molecule has 0 bridgehead atoms. The third-order valence-electron chi connectivity index (χ3n) is 4.23. The van der Waals surface area contributed by atoms with Crippen LogP contribution in [-0.4, -0.2) is 37.6 Å². The molecule has 0 aliphatic carbocycles. The molecule has 0 saturated carbocycles. The molecule has 0 atom stereocenters. The summed E-state index contributed by atoms with van der Waals surface area (Å²) >= 11 is 0. The Labute approximate surface area is 155 Å². The highest BCUT2D eigenvalue weighted by molar-refractivity contribution is 5.73. The number of nitrogens with one attached hydrogen (secondary N) is 1. The zero-order valence-corrected chi connectivity index (χ0v) is 15.7. The maximum Gasteiger partial charge on any atom is 0.317 e. The van der Waals surface area contributed by atoms with E-state index in [4.69, 9.17) is 5.26 Å². The van der Waals surface area contributed by atoms with Gasteiger partial charge >= 0.3 is 6.03 Å². The number of likely N-dealkylation sites (N-methyl/N-ethyl adjacent to an activating group) is 1. The highest BCUT2D eigenvalue weighted by atomic mass is 16.2. The van der Waals surface area contributed by atoms with Gasteiger partial charge in [-0.2, -0.15) is 5.26 Å². The Morgan fingerprint density at radius 3 is 2.65 bits per heavy atom. The van der Waals surface area contributed by atoms with Crippen LogP contribution in [0.5, 0.6) is 0 Å². The predicted molar refractivity (Wildman–Crippen MR) is 105 cm³/mol. The summed E-state index contributed by atoms with van der Waals surface area (Å²) in [6.45, 7) is 6.87. The van der Waals surface area contributed by atoms with Crippen molar-refractivity contribution in [1.29, 1.82) is 5.26 Å². The van der Waals surface area contributed by atoms with Gasteiger partial charge in [0.2, 0.25) is 0 Å². The molecule has 5 nitrogen and oxygen atoms in total. The van der Waals surface area contributed by atoms with Gasteiger partial charge in [0.1, 0.15) is 0 Å². The zero-order chi connectivity index (χ0) is 18.9. The molecule has 26 heavy (non-hydrogen) atoms. The molecule has 0 aliphatic heterocycles. The molecule has 0 unspecified atom stereocenters. The summed E-state index contributed by atoms with van der Waals surface area (Å²) in [5.74, 6) is 0. The minimum Gasteiger partial charge on any atom is -0.370 e. The largest absolute Gasteiger partial charge is 0.370 e. The third kappa shape index (κ3) is 5.52. The van der Waals surface area contributed by atoms with Crippen LogP contribution in [-0.2, 0) is 6.54 Å². The number of nitriles is 1. The third-order valence-corrected chi connectivity index (χ3v) is 4.23. The summed E-state index contributed by atoms with van der Waals surface area (Å²) < 4.78 is 0. The smallest absolute Gasteiger partial charge is 0.317 e. The number of benzene rings is 2. The van der Waals surface area contributed by atoms with E-state index in [1.165, 1.54) is 11.3 Å². The number of carbonyl (C=O) groups is 1. The van der Waals surface area contributed by atoms with Gasteiger partial charge in [0.15, 0.2) is 0 Å². The average Bonchev–Trinajstić information content (AvgIpc) is 2.65. The van der Waals surface area contributed by atoms with Gasteiger partial charge in [-0.25, -0.2) is 4.79 Å². The number of hydrogen-bond donors (Lipinski definition) is 1. The Balaban J connectivity index is 1.84. The molecule has 2 rings (SSSR count). The maximum absolute atomic E-state index is 12.3. The molecule has 136 valence electrons. The van der Waals surface area contributed by atoms with Crippen molar-refractivity contribution in [2.45, 2.75) is 20.4 Å². The number of aryl methyl sites for hydroxylation is 1. The Bertz CT molecular complexity index is 782. The fraction of sp³-hybridized carbons (Fsp3) is 0.333. The van der Waals surface area contributed by atoms with Crippen LogP contribution in [0.25, 0.3) is 0 Å². The van der Waals surface area contributed by atoms with E-state index in [-0.39, 0.29) is 6.03 Å². The Kier molecular flexibility index (Phi) is 7.04. The molecule has 0 fully saturated rings. The lowest BCUT2D eigenvalue weighted by molar-refractivity contribution is 0.207. The monoisotopic (exact) mass is 350 g/mol. The van der Waals surface area contributed by atoms with Crippen molar-refractivity contribution >= 4 is 11.7 Å². The van der Waals surface area contributed by atoms with Crippen molar-refractivity contribution < 1.29 is 4.79 Å². The van der Waals surface area contributed by atoms with Crippen LogP contribution < -0.4 is 10.2 Å². The number of anilines is 1. The second kappa shape index (κ2) is 9.47. The first-order chi connectivity index (χ1) is 12.5. The van der Waals surface area contributed by atoms with E-state index in [0.717, 1.165) is 18.7 Å². The minimum atomic E-state index is -0.118. The Hall–Kier alpha value is -3.00. The van der Waals surface area contributed by atoms with E-state index in [9.17, 15) is 4.79 Å². The fourth-order valence-corrected chi connectivity index (χ4v) is 2.81. The fourth-order valence-electron chi connectivity index (χ4n) is 2.81. The van der Waals surface area contributed by atoms with E-state index in [1.54, 1.807) is 24.1 Å². The van der Waals surface area contributed by atoms with Crippen LogP contribution in [0.1, 0.15) is 23.6 Å². The van der Waals surface area contributed by atoms with Crippen molar-refractivity contribution in [3.8, 4) is 6.07 Å². The first kappa shape index (κ1) is 19.3. The summed E-state index contributed by atoms with van der Waals surface area (Å²) in [5, 5.41) is 11.9. The van der Waals surface area contributed by atoms with E-state index < -0.39 is 0 Å². The lowest BCUT2D eigenvalue weighted by atomic mass is 10.1. The van der Waals surface area contributed by atoms with E-state index in [2.05, 4.69) is 54.4 Å². The van der Waals surface area contributed by atoms with Crippen LogP contribution in [0.3, 0.4) is 0 Å². The molecule has 2 aromatic rings. The summed E-state index contributed by atoms with van der Waals surface area (Å²) in [5.41, 5.74) is 3.94. The van der Waals surface area contributed by atoms with Gasteiger partial charge < -0.3 is 15.1 Å². The van der Waals surface area contributed by atoms with Crippen molar-refractivity contribution in [3.63, 3.8) is 0 Å². The molecule has 0 aromatic heterocycles. The highest BCUT2D eigenvalue weighted by Gasteiger charge is 2.10. The molecule has 0 spiro atoms. The van der Waals surface area contributed by atoms with Crippen molar-refractivity contribution in [1.82, 2.24) is 10.2 Å². The second-order valence-electron chi connectivity index (χ2n) is 6.32. The van der Waals surface area contributed by atoms with Crippen molar-refractivity contribution in [2.75, 3.05) is 31.6 Å². The summed E-state index contributed by atoms with van der Waals surface area (Å²) in [6, 6.07) is 17.7. The molecule has 0 heterocycles. The number of amides is 2. The van der Waals surface area contributed by atoms with Gasteiger partial charge in [0, 0.05) is 38.9 Å². The number of rotatable bonds is 7. The van der Waals surface area contributed by atoms with Crippen LogP contribution in [0.4, 0.5) is 10.5 Å². The molecular formula is C21H26N4O. The summed E-state index contributed by atoms with van der Waals surface area (Å²) in [7, 11) is 1.76. The molecule has 1 N–H and O–H groups in total. The van der Waals surface area contributed by atoms with E-state index in [1.807, 2.05) is 12.1 Å². The number of carbonyl (C=O) groups excluding carboxylic acids is 1. The lowest BCUT2D eigenvalue weighted by Crippen LogP contribution is -2.41. The standard InChI is InChI=1S/C21H26N4O/c1-4-25(20-10-5-7-17(2)13-20)12-11-23-21(26)24(3)16-19-9-6-8-18(14-19)15-22/h5-10,13-14H,4,11-12,16H2,1-3H3,(H,23,26). The molecular weight excluding hydrogens is 324 g/mol. The Morgan fingerprint density at radius 1 is 1.19 bits per heavy atom. The first-order valence-corrected chi connectivity index (χ1v) is 8.83. The highest BCUT2D eigenvalue weighted by Crippen LogP contribution is 2.15. The van der Waals surface area contributed by atoms with Crippen LogP contribution in [0.15, 0.2) is 48.5 Å². The molecule has 0 saturated heterocycles. The molecule has 2 amide bonds. The molecule has 2 aromatic carbocycles. The van der Waals surface area contributed by atoms with Gasteiger partial charge in [0.05, 0.1) is 11.6 Å². The number of hydrogen-bond acceptors (Lipinski definition) is 3. The first-order valence-electron chi connectivity index (χ1n) is 8.83. The van der Waals surface area contributed by atoms with Crippen LogP contribution in [0.2, 0.25) is 0 Å². The molecule has 0 radical (unpaired) electrons. The summed E-state index contributed by atoms with van der Waals surface area (Å²) in [6.07, 6.45) is 0. The van der Waals surface area contributed by atoms with Gasteiger partial charge in [-0.1, -0.05) is 24.3 Å². The SMILES string of the molecule is CCN(CCNC(=O)N(C)Cc1cccc(C#N)c1)c1cccc(C)c1. The molecule has 5 heteroatoms. The van der Waals surface area contributed by atoms with Gasteiger partial charge in [-0.3, -0.25) is 0 Å². The van der Waals surface area contributed by atoms with Gasteiger partial charge in [-0.05, 0) is 49.2 Å². The van der Waals surface area contributed by atoms with Gasteiger partial charge in [-0.15, -0.1) is 0 Å². The average molecular weight is 350 g/mol. The number of urea groups is 1. The number of nitrogens with zero attached hydrogens (tertiary/aromatic N) is 3. The van der Waals surface area contributed by atoms with Crippen LogP contribution in [0, 0.1) is 18.3 Å². The normalized spacial score (nSPS) is 10.1. The lowest BCUT2D eigenvalue weighted by Gasteiger charge is -2.25. The molecule has 0 aliphatic rings. The minimum absolute atomic E-state index is 0.118. The van der Waals surface area contributed by atoms with Gasteiger partial charge in [0.25, 0.3) is 0 Å². The van der Waals surface area contributed by atoms with Crippen LogP contribution >= 0.6 is 0 Å². The predicted octanol–water partition coefficient (Wildman–Crippen LogP) is 3.53. The quantitative estimate of drug-likeness (QED) is 0.831. The Morgan fingerprint density at radius 2 is 1.96 bits per heavy atom. The van der Waals surface area contributed by atoms with Crippen molar-refractivity contribution in [2.24, 2.45) is 0 Å². The topological polar surface area (TPSA) is 59.4 Å². The second-order valence-corrected chi connectivity index (χ2v) is 6.32.